The highest BCUT2D eigenvalue weighted by Crippen LogP contribution is 2.38. The van der Waals surface area contributed by atoms with Crippen LogP contribution >= 0.6 is 0 Å². The molecule has 0 spiro atoms. The minimum absolute atomic E-state index is 0.171. The quantitative estimate of drug-likeness (QED) is 0.745. The molecule has 3 nitrogen and oxygen atoms in total. The van der Waals surface area contributed by atoms with Crippen molar-refractivity contribution in [2.24, 2.45) is 0 Å². The molecule has 0 aliphatic rings. The van der Waals surface area contributed by atoms with Gasteiger partial charge in [0.1, 0.15) is 11.5 Å². The van der Waals surface area contributed by atoms with E-state index in [1.165, 1.54) is 0 Å². The lowest BCUT2D eigenvalue weighted by Gasteiger charge is -2.16. The first kappa shape index (κ1) is 13.9. The molecule has 2 atom stereocenters. The Kier molecular flexibility index (Phi) is 4.91. The predicted octanol–water partition coefficient (Wildman–Crippen LogP) is 4.25. The molecule has 3 heteroatoms. The van der Waals surface area contributed by atoms with E-state index >= 15 is 0 Å². The molecular formula is C14H24O3. The molecule has 0 amide bonds. The van der Waals surface area contributed by atoms with Gasteiger partial charge in [-0.2, -0.15) is 0 Å². The first-order chi connectivity index (χ1) is 7.99. The van der Waals surface area contributed by atoms with E-state index in [9.17, 15) is 0 Å². The third kappa shape index (κ3) is 3.42. The SMILES string of the molecule is CC[C@H](C)Oc1c(C)oc(C)c1O[C@@H](C)CC. The van der Waals surface area contributed by atoms with Crippen LogP contribution in [0.5, 0.6) is 11.5 Å². The Hall–Kier alpha value is -1.12. The summed E-state index contributed by atoms with van der Waals surface area (Å²) in [5.74, 6) is 3.11. The molecule has 0 bridgehead atoms. The monoisotopic (exact) mass is 240 g/mol. The summed E-state index contributed by atoms with van der Waals surface area (Å²) in [5.41, 5.74) is 0. The molecule has 98 valence electrons. The number of hydrogen-bond donors (Lipinski definition) is 0. The predicted molar refractivity (Wildman–Crippen MR) is 68.9 cm³/mol. The van der Waals surface area contributed by atoms with Crippen LogP contribution in [0.15, 0.2) is 4.42 Å². The zero-order valence-corrected chi connectivity index (χ0v) is 11.8. The number of hydrogen-bond acceptors (Lipinski definition) is 3. The molecule has 0 saturated heterocycles. The van der Waals surface area contributed by atoms with Gasteiger partial charge in [0.15, 0.2) is 0 Å². The van der Waals surface area contributed by atoms with Gasteiger partial charge in [0.2, 0.25) is 11.5 Å². The standard InChI is InChI=1S/C14H24O3/c1-7-9(3)15-13-11(5)17-12(6)14(13)16-10(4)8-2/h9-10H,7-8H2,1-6H3/t9-,10-/m0/s1. The smallest absolute Gasteiger partial charge is 0.203 e. The normalized spacial score (nSPS) is 14.5. The van der Waals surface area contributed by atoms with E-state index in [1.54, 1.807) is 0 Å². The van der Waals surface area contributed by atoms with Crippen molar-refractivity contribution in [2.75, 3.05) is 0 Å². The van der Waals surface area contributed by atoms with Crippen LogP contribution in [0.2, 0.25) is 0 Å². The van der Waals surface area contributed by atoms with Crippen molar-refractivity contribution in [2.45, 2.75) is 66.6 Å². The molecule has 17 heavy (non-hydrogen) atoms. The molecule has 0 saturated carbocycles. The van der Waals surface area contributed by atoms with Crippen LogP contribution in [0.4, 0.5) is 0 Å². The van der Waals surface area contributed by atoms with Gasteiger partial charge in [0.25, 0.3) is 0 Å². The molecular weight excluding hydrogens is 216 g/mol. The maximum atomic E-state index is 5.87. The molecule has 0 unspecified atom stereocenters. The fourth-order valence-electron chi connectivity index (χ4n) is 1.48. The van der Waals surface area contributed by atoms with Gasteiger partial charge in [-0.05, 0) is 40.5 Å². The van der Waals surface area contributed by atoms with Crippen molar-refractivity contribution < 1.29 is 13.9 Å². The van der Waals surface area contributed by atoms with Gasteiger partial charge in [0.05, 0.1) is 12.2 Å². The van der Waals surface area contributed by atoms with Crippen molar-refractivity contribution >= 4 is 0 Å². The van der Waals surface area contributed by atoms with E-state index < -0.39 is 0 Å². The first-order valence-electron chi connectivity index (χ1n) is 6.42. The zero-order chi connectivity index (χ0) is 13.0. The third-order valence-corrected chi connectivity index (χ3v) is 2.94. The highest BCUT2D eigenvalue weighted by atomic mass is 16.5. The topological polar surface area (TPSA) is 31.6 Å². The summed E-state index contributed by atoms with van der Waals surface area (Å²) in [4.78, 5) is 0. The van der Waals surface area contributed by atoms with E-state index in [2.05, 4.69) is 27.7 Å². The van der Waals surface area contributed by atoms with E-state index in [0.29, 0.717) is 0 Å². The molecule has 0 aromatic carbocycles. The Morgan fingerprint density at radius 2 is 1.24 bits per heavy atom. The number of aryl methyl sites for hydroxylation is 2. The average molecular weight is 240 g/mol. The fraction of sp³-hybridized carbons (Fsp3) is 0.714. The second kappa shape index (κ2) is 5.99. The van der Waals surface area contributed by atoms with Gasteiger partial charge in [-0.25, -0.2) is 0 Å². The minimum atomic E-state index is 0.171. The Balaban J connectivity index is 2.93. The lowest BCUT2D eigenvalue weighted by molar-refractivity contribution is 0.177. The zero-order valence-electron chi connectivity index (χ0n) is 11.8. The van der Waals surface area contributed by atoms with Gasteiger partial charge < -0.3 is 13.9 Å². The summed E-state index contributed by atoms with van der Waals surface area (Å²) in [6.07, 6.45) is 2.27. The van der Waals surface area contributed by atoms with Crippen LogP contribution < -0.4 is 9.47 Å². The first-order valence-corrected chi connectivity index (χ1v) is 6.42. The summed E-state index contributed by atoms with van der Waals surface area (Å²) in [5, 5.41) is 0. The van der Waals surface area contributed by atoms with Crippen molar-refractivity contribution in [3.8, 4) is 11.5 Å². The second-order valence-electron chi connectivity index (χ2n) is 4.55. The molecule has 0 radical (unpaired) electrons. The molecule has 0 fully saturated rings. The number of rotatable bonds is 6. The van der Waals surface area contributed by atoms with Crippen LogP contribution in [-0.2, 0) is 0 Å². The van der Waals surface area contributed by atoms with Crippen LogP contribution in [0.25, 0.3) is 0 Å². The van der Waals surface area contributed by atoms with Crippen molar-refractivity contribution in [3.63, 3.8) is 0 Å². The molecule has 0 N–H and O–H groups in total. The fourth-order valence-corrected chi connectivity index (χ4v) is 1.48. The largest absolute Gasteiger partial charge is 0.484 e. The van der Waals surface area contributed by atoms with Crippen molar-refractivity contribution in [1.82, 2.24) is 0 Å². The van der Waals surface area contributed by atoms with Gasteiger partial charge >= 0.3 is 0 Å². The van der Waals surface area contributed by atoms with Crippen LogP contribution in [0.3, 0.4) is 0 Å². The Morgan fingerprint density at radius 1 is 0.882 bits per heavy atom. The van der Waals surface area contributed by atoms with E-state index in [1.807, 2.05) is 13.8 Å². The lowest BCUT2D eigenvalue weighted by Crippen LogP contribution is -2.14. The molecule has 0 aliphatic heterocycles. The maximum Gasteiger partial charge on any atom is 0.203 e. The number of ether oxygens (including phenoxy) is 2. The molecule has 1 aromatic rings. The minimum Gasteiger partial charge on any atom is -0.484 e. The van der Waals surface area contributed by atoms with Crippen LogP contribution in [0, 0.1) is 13.8 Å². The second-order valence-corrected chi connectivity index (χ2v) is 4.55. The van der Waals surface area contributed by atoms with Crippen molar-refractivity contribution in [3.05, 3.63) is 11.5 Å². The maximum absolute atomic E-state index is 5.87. The van der Waals surface area contributed by atoms with Crippen LogP contribution in [0.1, 0.15) is 52.1 Å². The van der Waals surface area contributed by atoms with E-state index in [-0.39, 0.29) is 12.2 Å². The van der Waals surface area contributed by atoms with Crippen LogP contribution in [-0.4, -0.2) is 12.2 Å². The van der Waals surface area contributed by atoms with Crippen molar-refractivity contribution in [1.29, 1.82) is 0 Å². The van der Waals surface area contributed by atoms with Gasteiger partial charge in [-0.15, -0.1) is 0 Å². The lowest BCUT2D eigenvalue weighted by atomic mass is 10.3. The summed E-state index contributed by atoms with van der Waals surface area (Å²) >= 11 is 0. The molecule has 1 aromatic heterocycles. The van der Waals surface area contributed by atoms with E-state index in [4.69, 9.17) is 13.9 Å². The van der Waals surface area contributed by atoms with Gasteiger partial charge in [-0.1, -0.05) is 13.8 Å². The van der Waals surface area contributed by atoms with Gasteiger partial charge in [0, 0.05) is 0 Å². The summed E-state index contributed by atoms with van der Waals surface area (Å²) in [7, 11) is 0. The Bertz CT molecular complexity index is 322. The molecule has 1 heterocycles. The summed E-state index contributed by atoms with van der Waals surface area (Å²) < 4.78 is 17.3. The summed E-state index contributed by atoms with van der Waals surface area (Å²) in [6, 6.07) is 0. The summed E-state index contributed by atoms with van der Waals surface area (Å²) in [6.45, 7) is 12.1. The third-order valence-electron chi connectivity index (χ3n) is 2.94. The highest BCUT2D eigenvalue weighted by molar-refractivity contribution is 5.45. The Morgan fingerprint density at radius 3 is 1.53 bits per heavy atom. The number of furan rings is 1. The Labute approximate surface area is 104 Å². The molecule has 0 aliphatic carbocycles. The van der Waals surface area contributed by atoms with Gasteiger partial charge in [-0.3, -0.25) is 0 Å². The van der Waals surface area contributed by atoms with E-state index in [0.717, 1.165) is 35.9 Å². The molecule has 1 rings (SSSR count). The highest BCUT2D eigenvalue weighted by Gasteiger charge is 2.21. The average Bonchev–Trinajstić information content (AvgIpc) is 2.55.